The molecule has 17 rings (SSSR count). The first-order chi connectivity index (χ1) is 44.3. The zero-order valence-electron chi connectivity index (χ0n) is 50.1. The fraction of sp³-hybridized carbons (Fsp3) is 0.0476. The highest BCUT2D eigenvalue weighted by atomic mass is 28.3. The van der Waals surface area contributed by atoms with Crippen molar-refractivity contribution >= 4 is 127 Å². The molecule has 0 N–H and O–H groups in total. The molecule has 0 aliphatic carbocycles. The normalized spacial score (nSPS) is 12.2. The van der Waals surface area contributed by atoms with Gasteiger partial charge in [0.2, 0.25) is 0 Å². The van der Waals surface area contributed by atoms with Crippen molar-refractivity contribution in [1.29, 1.82) is 0 Å². The Bertz CT molecular complexity index is 5710. The van der Waals surface area contributed by atoms with Crippen LogP contribution in [0.4, 0.5) is 0 Å². The Morgan fingerprint density at radius 2 is 0.811 bits per heavy atom. The van der Waals surface area contributed by atoms with Gasteiger partial charge in [0.1, 0.15) is 17.3 Å². The first-order valence-corrected chi connectivity index (χ1v) is 33.0. The third-order valence-electron chi connectivity index (χ3n) is 18.7. The fourth-order valence-corrected chi connectivity index (χ4v) is 19.4. The van der Waals surface area contributed by atoms with Gasteiger partial charge in [-0.3, -0.25) is 13.4 Å². The van der Waals surface area contributed by atoms with Crippen molar-refractivity contribution in [2.45, 2.75) is 26.2 Å². The number of imidazole rings is 1. The molecule has 0 fully saturated rings. The Morgan fingerprint density at radius 1 is 0.367 bits per heavy atom. The number of pyridine rings is 1. The smallest absolute Gasteiger partial charge is 0.269 e. The maximum absolute atomic E-state index is 7.21. The fourth-order valence-electron chi connectivity index (χ4n) is 14.6. The van der Waals surface area contributed by atoms with E-state index < -0.39 is 8.07 Å². The second-order valence-corrected chi connectivity index (χ2v) is 28.6. The van der Waals surface area contributed by atoms with Crippen molar-refractivity contribution in [3.05, 3.63) is 321 Å². The summed E-state index contributed by atoms with van der Waals surface area (Å²) in [6.45, 7) is 6.75. The molecule has 17 aromatic rings. The number of hydrogen-bond donors (Lipinski definition) is 0. The Labute approximate surface area is 522 Å². The molecule has 0 aliphatic rings. The molecule has 426 valence electrons. The van der Waals surface area contributed by atoms with Crippen LogP contribution >= 0.6 is 0 Å². The second kappa shape index (κ2) is 21.0. The molecule has 0 unspecified atom stereocenters. The van der Waals surface area contributed by atoms with E-state index >= 15 is 0 Å². The van der Waals surface area contributed by atoms with Gasteiger partial charge >= 0.3 is 0 Å². The van der Waals surface area contributed by atoms with Crippen LogP contribution in [0.1, 0.15) is 26.3 Å². The number of ether oxygens (including phenoxy) is 1. The third-order valence-corrected chi connectivity index (χ3v) is 23.4. The van der Waals surface area contributed by atoms with Gasteiger partial charge in [-0.05, 0) is 139 Å². The summed E-state index contributed by atoms with van der Waals surface area (Å²) in [5.41, 5.74) is 9.57. The minimum Gasteiger partial charge on any atom is -0.458 e. The monoisotopic (exact) mass is 1170 g/mol. The predicted molar refractivity (Wildman–Crippen MR) is 378 cm³/mol. The maximum atomic E-state index is 7.21. The summed E-state index contributed by atoms with van der Waals surface area (Å²) in [5.74, 6) is 2.30. The van der Waals surface area contributed by atoms with E-state index in [-0.39, 0.29) is 5.41 Å². The molecule has 0 saturated heterocycles. The molecule has 0 atom stereocenters. The highest BCUT2D eigenvalue weighted by molar-refractivity contribution is 7.20. The minimum atomic E-state index is -2.94. The van der Waals surface area contributed by atoms with Gasteiger partial charge in [-0.1, -0.05) is 276 Å². The Hall–Kier alpha value is -11.2. The summed E-state index contributed by atoms with van der Waals surface area (Å²) in [5, 5.41) is 18.9. The molecule has 12 aromatic carbocycles. The van der Waals surface area contributed by atoms with Crippen molar-refractivity contribution in [1.82, 2.24) is 14.0 Å². The van der Waals surface area contributed by atoms with E-state index in [4.69, 9.17) is 9.72 Å². The molecule has 0 bridgehead atoms. The van der Waals surface area contributed by atoms with E-state index in [0.29, 0.717) is 5.75 Å². The largest absolute Gasteiger partial charge is 0.458 e. The summed E-state index contributed by atoms with van der Waals surface area (Å²) < 4.78 is 14.2. The first-order valence-electron chi connectivity index (χ1n) is 31.0. The average Bonchev–Trinajstić information content (AvgIpc) is 1.46. The quantitative estimate of drug-likeness (QED) is 0.0658. The minimum absolute atomic E-state index is 0.0553. The van der Waals surface area contributed by atoms with E-state index in [1.54, 1.807) is 0 Å². The highest BCUT2D eigenvalue weighted by Crippen LogP contribution is 2.41. The van der Waals surface area contributed by atoms with Gasteiger partial charge in [-0.2, -0.15) is 0 Å². The lowest BCUT2D eigenvalue weighted by Crippen LogP contribution is -2.74. The first kappa shape index (κ1) is 53.1. The zero-order valence-corrected chi connectivity index (χ0v) is 51.1. The molecular weight excluding hydrogens is 1110 g/mol. The number of fused-ring (bicyclic) bond motifs is 20. The van der Waals surface area contributed by atoms with E-state index in [0.717, 1.165) is 115 Å². The summed E-state index contributed by atoms with van der Waals surface area (Å²) in [6.07, 6.45) is 6.16. The van der Waals surface area contributed by atoms with E-state index in [2.05, 4.69) is 344 Å². The molecule has 0 radical (unpaired) electrons. The van der Waals surface area contributed by atoms with Crippen molar-refractivity contribution in [3.8, 4) is 28.4 Å². The van der Waals surface area contributed by atoms with Crippen molar-refractivity contribution < 1.29 is 9.14 Å². The van der Waals surface area contributed by atoms with Crippen molar-refractivity contribution in [3.63, 3.8) is 0 Å². The summed E-state index contributed by atoms with van der Waals surface area (Å²) in [7, 11) is -2.94. The van der Waals surface area contributed by atoms with Crippen LogP contribution in [0.25, 0.3) is 115 Å². The summed E-state index contributed by atoms with van der Waals surface area (Å²) in [6, 6.07) is 112. The van der Waals surface area contributed by atoms with E-state index in [1.807, 2.05) is 6.20 Å². The number of aromatic nitrogens is 4. The van der Waals surface area contributed by atoms with E-state index in [1.165, 1.54) is 31.7 Å². The summed E-state index contributed by atoms with van der Waals surface area (Å²) >= 11 is 0. The summed E-state index contributed by atoms with van der Waals surface area (Å²) in [4.78, 5) is 4.99. The van der Waals surface area contributed by atoms with Gasteiger partial charge in [0.15, 0.2) is 8.07 Å². The molecule has 0 saturated carbocycles. The lowest BCUT2D eigenvalue weighted by Gasteiger charge is -2.34. The highest BCUT2D eigenvalue weighted by Gasteiger charge is 2.41. The molecule has 6 heteroatoms. The van der Waals surface area contributed by atoms with Crippen LogP contribution in [0.2, 0.25) is 0 Å². The molecule has 90 heavy (non-hydrogen) atoms. The molecule has 0 aliphatic heterocycles. The van der Waals surface area contributed by atoms with Crippen LogP contribution in [0.15, 0.2) is 310 Å². The molecule has 5 nitrogen and oxygen atoms in total. The van der Waals surface area contributed by atoms with Crippen LogP contribution in [0.3, 0.4) is 0 Å². The molecular formula is C84H60N4OSi. The van der Waals surface area contributed by atoms with Gasteiger partial charge in [0.05, 0.1) is 33.1 Å². The van der Waals surface area contributed by atoms with Crippen molar-refractivity contribution in [2.75, 3.05) is 0 Å². The van der Waals surface area contributed by atoms with Crippen molar-refractivity contribution in [2.24, 2.45) is 0 Å². The standard InChI is InChI=1S/C84H60N4OSi/c1-84(2,3)57-49-50-85-80(52-57)88-77-44-22-21-39-71(77)73-48-46-59(54-79(73)88)89-58-45-47-72-67-35-15-13-33-65(67)69-37-17-19-40-75(69)82-83-76-41-20-18-38-70(76)66-34-14-16-36-68(66)74-43-24-42-64(81(74)87(83)55-86(82)78(72)53-58)56-25-23-32-63(51-56)90(60-26-7-4-8-27-60,61-28-9-5-10-29-61)62-30-11-6-12-31-62/h4-54H,1-3H3. The predicted octanol–water partition coefficient (Wildman–Crippen LogP) is 18.1. The lowest BCUT2D eigenvalue weighted by molar-refractivity contribution is -0.484. The van der Waals surface area contributed by atoms with Crippen LogP contribution in [-0.4, -0.2) is 22.0 Å². The van der Waals surface area contributed by atoms with Gasteiger partial charge in [-0.25, -0.2) is 4.98 Å². The number of nitrogens with zero attached hydrogens (tertiary/aromatic N) is 4. The van der Waals surface area contributed by atoms with Gasteiger partial charge in [0, 0.05) is 23.0 Å². The Kier molecular flexibility index (Phi) is 12.4. The van der Waals surface area contributed by atoms with E-state index in [9.17, 15) is 0 Å². The van der Waals surface area contributed by atoms with Crippen LogP contribution < -0.4 is 29.9 Å². The number of rotatable bonds is 8. The maximum Gasteiger partial charge on any atom is 0.269 e. The molecule has 5 aromatic heterocycles. The Balaban J connectivity index is 0.987. The molecule has 0 amide bonds. The zero-order chi connectivity index (χ0) is 60.1. The Morgan fingerprint density at radius 3 is 1.41 bits per heavy atom. The number of para-hydroxylation sites is 2. The molecule has 5 heterocycles. The van der Waals surface area contributed by atoms with Gasteiger partial charge in [-0.15, -0.1) is 0 Å². The van der Waals surface area contributed by atoms with Crippen LogP contribution in [-0.2, 0) is 5.41 Å². The lowest BCUT2D eigenvalue weighted by atomic mass is 9.88. The number of hydrogen-bond acceptors (Lipinski definition) is 2. The van der Waals surface area contributed by atoms with Crippen LogP contribution in [0.5, 0.6) is 11.5 Å². The van der Waals surface area contributed by atoms with Gasteiger partial charge in [0.25, 0.3) is 6.33 Å². The van der Waals surface area contributed by atoms with Crippen LogP contribution in [0, 0.1) is 6.33 Å². The SMILES string of the molecule is CC(C)(C)c1ccnc(-n2c3ccccc3c3ccc(Oc4ccc5c6ccccc6c6ccccc6c6c7c8ccccc8c8ccccc8c8cccc(-c9cccc([Si](c%10ccccc%10)(c%10ccccc%10)c%10ccccc%10)c9)c8[n+]7[c-]n6c5c4)cc32)c1. The molecule has 0 spiro atoms. The third kappa shape index (κ3) is 8.36. The number of benzene rings is 12. The van der Waals surface area contributed by atoms with Gasteiger partial charge < -0.3 is 4.74 Å². The second-order valence-electron chi connectivity index (χ2n) is 24.7. The topological polar surface area (TPSA) is 35.6 Å². The average molecular weight is 1170 g/mol.